The number of furan rings is 1. The molecule has 1 fully saturated rings. The predicted octanol–water partition coefficient (Wildman–Crippen LogP) is 3.34. The Kier molecular flexibility index (Phi) is 3.26. The van der Waals surface area contributed by atoms with Crippen LogP contribution in [0.15, 0.2) is 16.7 Å². The molecule has 0 saturated heterocycles. The Labute approximate surface area is 102 Å². The maximum Gasteiger partial charge on any atom is 0.136 e. The lowest BCUT2D eigenvalue weighted by molar-refractivity contribution is 0.0444. The molecule has 17 heavy (non-hydrogen) atoms. The van der Waals surface area contributed by atoms with Crippen LogP contribution in [0.1, 0.15) is 50.0 Å². The summed E-state index contributed by atoms with van der Waals surface area (Å²) in [5.41, 5.74) is 0.274. The van der Waals surface area contributed by atoms with Gasteiger partial charge in [-0.3, -0.25) is 0 Å². The molecule has 1 aliphatic rings. The predicted molar refractivity (Wildman–Crippen MR) is 64.1 cm³/mol. The van der Waals surface area contributed by atoms with Crippen LogP contribution in [0.3, 0.4) is 0 Å². The smallest absolute Gasteiger partial charge is 0.136 e. The zero-order valence-electron chi connectivity index (χ0n) is 10.4. The number of aliphatic hydroxyl groups is 1. The molecule has 1 heterocycles. The number of aliphatic hydroxyl groups excluding tert-OH is 1. The molecule has 0 amide bonds. The van der Waals surface area contributed by atoms with E-state index < -0.39 is 11.5 Å². The SMILES string of the molecule is CCC1CCC(C#N)(C(O)c2occc2C)C1. The normalized spacial score (nSPS) is 30.1. The second-order valence-electron chi connectivity index (χ2n) is 5.16. The second kappa shape index (κ2) is 4.54. The quantitative estimate of drug-likeness (QED) is 0.871. The van der Waals surface area contributed by atoms with Gasteiger partial charge in [0.2, 0.25) is 0 Å². The summed E-state index contributed by atoms with van der Waals surface area (Å²) >= 11 is 0. The molecule has 3 atom stereocenters. The fourth-order valence-corrected chi connectivity index (χ4v) is 2.86. The van der Waals surface area contributed by atoms with E-state index >= 15 is 0 Å². The average Bonchev–Trinajstić information content (AvgIpc) is 2.95. The summed E-state index contributed by atoms with van der Waals surface area (Å²) in [6.07, 6.45) is 4.43. The average molecular weight is 233 g/mol. The molecule has 92 valence electrons. The Bertz CT molecular complexity index is 432. The maximum absolute atomic E-state index is 10.4. The van der Waals surface area contributed by atoms with Crippen molar-refractivity contribution in [2.24, 2.45) is 11.3 Å². The molecular formula is C14H19NO2. The molecule has 3 nitrogen and oxygen atoms in total. The van der Waals surface area contributed by atoms with Crippen LogP contribution in [0.5, 0.6) is 0 Å². The van der Waals surface area contributed by atoms with Gasteiger partial charge in [-0.15, -0.1) is 0 Å². The van der Waals surface area contributed by atoms with Crippen molar-refractivity contribution in [2.75, 3.05) is 0 Å². The first-order chi connectivity index (χ1) is 8.13. The van der Waals surface area contributed by atoms with E-state index in [-0.39, 0.29) is 0 Å². The maximum atomic E-state index is 10.4. The molecule has 2 rings (SSSR count). The second-order valence-corrected chi connectivity index (χ2v) is 5.16. The number of hydrogen-bond acceptors (Lipinski definition) is 3. The summed E-state index contributed by atoms with van der Waals surface area (Å²) in [4.78, 5) is 0. The minimum absolute atomic E-state index is 0.555. The molecule has 0 aliphatic heterocycles. The molecule has 1 N–H and O–H groups in total. The van der Waals surface area contributed by atoms with Crippen molar-refractivity contribution in [1.29, 1.82) is 5.26 Å². The van der Waals surface area contributed by atoms with Crippen molar-refractivity contribution in [1.82, 2.24) is 0 Å². The van der Waals surface area contributed by atoms with Gasteiger partial charge in [-0.1, -0.05) is 13.3 Å². The topological polar surface area (TPSA) is 57.2 Å². The Morgan fingerprint density at radius 2 is 2.47 bits per heavy atom. The third-order valence-electron chi connectivity index (χ3n) is 4.13. The van der Waals surface area contributed by atoms with Crippen molar-refractivity contribution < 1.29 is 9.52 Å². The molecule has 0 radical (unpaired) electrons. The van der Waals surface area contributed by atoms with Gasteiger partial charge in [0, 0.05) is 0 Å². The molecule has 0 spiro atoms. The zero-order chi connectivity index (χ0) is 12.5. The van der Waals surface area contributed by atoms with Crippen molar-refractivity contribution in [2.45, 2.75) is 45.6 Å². The van der Waals surface area contributed by atoms with Crippen LogP contribution in [0.2, 0.25) is 0 Å². The lowest BCUT2D eigenvalue weighted by Gasteiger charge is -2.26. The summed E-state index contributed by atoms with van der Waals surface area (Å²) < 4.78 is 5.33. The third-order valence-corrected chi connectivity index (χ3v) is 4.13. The van der Waals surface area contributed by atoms with E-state index in [2.05, 4.69) is 13.0 Å². The molecule has 3 heteroatoms. The Morgan fingerprint density at radius 1 is 1.71 bits per heavy atom. The summed E-state index contributed by atoms with van der Waals surface area (Å²) in [6.45, 7) is 4.04. The number of aryl methyl sites for hydroxylation is 1. The van der Waals surface area contributed by atoms with Crippen molar-refractivity contribution >= 4 is 0 Å². The van der Waals surface area contributed by atoms with Gasteiger partial charge >= 0.3 is 0 Å². The lowest BCUT2D eigenvalue weighted by atomic mass is 9.79. The highest BCUT2D eigenvalue weighted by atomic mass is 16.4. The first-order valence-electron chi connectivity index (χ1n) is 6.26. The molecule has 1 aliphatic carbocycles. The van der Waals surface area contributed by atoms with Gasteiger partial charge in [0.15, 0.2) is 0 Å². The lowest BCUT2D eigenvalue weighted by Crippen LogP contribution is -2.24. The Morgan fingerprint density at radius 3 is 2.94 bits per heavy atom. The van der Waals surface area contributed by atoms with Crippen LogP contribution in [0, 0.1) is 29.6 Å². The van der Waals surface area contributed by atoms with Crippen LogP contribution >= 0.6 is 0 Å². The Hall–Kier alpha value is -1.27. The third kappa shape index (κ3) is 1.98. The minimum atomic E-state index is -0.793. The van der Waals surface area contributed by atoms with Crippen molar-refractivity contribution in [3.05, 3.63) is 23.7 Å². The molecular weight excluding hydrogens is 214 g/mol. The fourth-order valence-electron chi connectivity index (χ4n) is 2.86. The first kappa shape index (κ1) is 12.2. The van der Waals surface area contributed by atoms with Gasteiger partial charge in [-0.05, 0) is 43.7 Å². The highest BCUT2D eigenvalue weighted by molar-refractivity contribution is 5.23. The summed E-state index contributed by atoms with van der Waals surface area (Å²) in [7, 11) is 0. The fraction of sp³-hybridized carbons (Fsp3) is 0.643. The number of nitrogens with zero attached hydrogens (tertiary/aromatic N) is 1. The molecule has 1 aromatic heterocycles. The van der Waals surface area contributed by atoms with Crippen LogP contribution in [-0.2, 0) is 0 Å². The van der Waals surface area contributed by atoms with Crippen LogP contribution in [0.4, 0.5) is 0 Å². The summed E-state index contributed by atoms with van der Waals surface area (Å²) in [5, 5.41) is 19.9. The minimum Gasteiger partial charge on any atom is -0.466 e. The molecule has 3 unspecified atom stereocenters. The number of hydrogen-bond donors (Lipinski definition) is 1. The monoisotopic (exact) mass is 233 g/mol. The van der Waals surface area contributed by atoms with Crippen LogP contribution in [0.25, 0.3) is 0 Å². The van der Waals surface area contributed by atoms with Crippen LogP contribution < -0.4 is 0 Å². The summed E-state index contributed by atoms with van der Waals surface area (Å²) in [6, 6.07) is 4.18. The Balaban J connectivity index is 2.26. The van der Waals surface area contributed by atoms with E-state index in [1.165, 1.54) is 0 Å². The zero-order valence-corrected chi connectivity index (χ0v) is 10.4. The van der Waals surface area contributed by atoms with Gasteiger partial charge in [0.1, 0.15) is 11.9 Å². The number of rotatable bonds is 3. The number of nitriles is 1. The van der Waals surface area contributed by atoms with Crippen molar-refractivity contribution in [3.63, 3.8) is 0 Å². The van der Waals surface area contributed by atoms with Crippen molar-refractivity contribution in [3.8, 4) is 6.07 Å². The molecule has 1 saturated carbocycles. The van der Waals surface area contributed by atoms with Gasteiger partial charge in [0.05, 0.1) is 17.7 Å². The van der Waals surface area contributed by atoms with E-state index in [0.29, 0.717) is 11.7 Å². The van der Waals surface area contributed by atoms with E-state index in [0.717, 1.165) is 31.2 Å². The van der Waals surface area contributed by atoms with E-state index in [1.54, 1.807) is 6.26 Å². The molecule has 0 bridgehead atoms. The largest absolute Gasteiger partial charge is 0.466 e. The highest BCUT2D eigenvalue weighted by Gasteiger charge is 2.46. The van der Waals surface area contributed by atoms with E-state index in [9.17, 15) is 10.4 Å². The van der Waals surface area contributed by atoms with Gasteiger partial charge in [-0.25, -0.2) is 0 Å². The van der Waals surface area contributed by atoms with Crippen LogP contribution in [-0.4, -0.2) is 5.11 Å². The first-order valence-corrected chi connectivity index (χ1v) is 6.26. The van der Waals surface area contributed by atoms with Gasteiger partial charge in [0.25, 0.3) is 0 Å². The molecule has 1 aromatic rings. The molecule has 0 aromatic carbocycles. The van der Waals surface area contributed by atoms with Gasteiger partial charge in [-0.2, -0.15) is 5.26 Å². The van der Waals surface area contributed by atoms with Gasteiger partial charge < -0.3 is 9.52 Å². The standard InChI is InChI=1S/C14H19NO2/c1-3-11-4-6-14(8-11,9-15)13(16)12-10(2)5-7-17-12/h5,7,11,13,16H,3-4,6,8H2,1-2H3. The van der Waals surface area contributed by atoms with E-state index in [4.69, 9.17) is 4.42 Å². The highest BCUT2D eigenvalue weighted by Crippen LogP contribution is 2.50. The van der Waals surface area contributed by atoms with E-state index in [1.807, 2.05) is 13.0 Å². The summed E-state index contributed by atoms with van der Waals surface area (Å²) in [5.74, 6) is 1.11.